The van der Waals surface area contributed by atoms with E-state index in [1.807, 2.05) is 0 Å². The minimum absolute atomic E-state index is 0.0687. The number of allylic oxidation sites excluding steroid dienone is 2. The Hall–Kier alpha value is -2.15. The van der Waals surface area contributed by atoms with Gasteiger partial charge in [0.2, 0.25) is 0 Å². The molecule has 0 atom stereocenters. The molecule has 8 nitrogen and oxygen atoms in total. The predicted molar refractivity (Wildman–Crippen MR) is 81.4 cm³/mol. The van der Waals surface area contributed by atoms with E-state index in [0.717, 1.165) is 0 Å². The van der Waals surface area contributed by atoms with Gasteiger partial charge >= 0.3 is 13.3 Å². The molecule has 0 saturated heterocycles. The Bertz CT molecular complexity index is 876. The van der Waals surface area contributed by atoms with E-state index in [4.69, 9.17) is 14.5 Å². The van der Waals surface area contributed by atoms with Gasteiger partial charge < -0.3 is 14.5 Å². The number of methoxy groups -OCH3 is 1. The largest absolute Gasteiger partial charge is 0.497 e. The number of fused-ring (bicyclic) bond motifs is 1. The van der Waals surface area contributed by atoms with Crippen molar-refractivity contribution in [3.05, 3.63) is 51.2 Å². The molecule has 9 heteroatoms. The molecular weight excluding hydrogens is 311 g/mol. The molecule has 0 aliphatic carbocycles. The molecule has 1 aromatic carbocycles. The van der Waals surface area contributed by atoms with Gasteiger partial charge in [-0.25, -0.2) is 4.79 Å². The normalized spacial score (nSPS) is 12.1. The van der Waals surface area contributed by atoms with Crippen molar-refractivity contribution >= 4 is 18.5 Å². The highest BCUT2D eigenvalue weighted by atomic mass is 31.2. The first-order chi connectivity index (χ1) is 10.3. The zero-order valence-electron chi connectivity index (χ0n) is 11.7. The monoisotopic (exact) mass is 326 g/mol. The number of nitrogens with zero attached hydrogens (tertiary/aromatic N) is 1. The van der Waals surface area contributed by atoms with E-state index in [1.54, 1.807) is 18.2 Å². The summed E-state index contributed by atoms with van der Waals surface area (Å²) in [6.45, 7) is 0.0687. The molecule has 1 aromatic heterocycles. The third-order valence-electron chi connectivity index (χ3n) is 3.00. The summed E-state index contributed by atoms with van der Waals surface area (Å²) in [5, 5.41) is 0.323. The summed E-state index contributed by atoms with van der Waals surface area (Å²) >= 11 is 0. The Labute approximate surface area is 124 Å². The number of aromatic nitrogens is 2. The second kappa shape index (κ2) is 6.31. The number of benzene rings is 1. The van der Waals surface area contributed by atoms with Crippen molar-refractivity contribution < 1.29 is 19.1 Å². The summed E-state index contributed by atoms with van der Waals surface area (Å²) in [6.07, 6.45) is 2.34. The van der Waals surface area contributed by atoms with Gasteiger partial charge in [0, 0.05) is 12.6 Å². The fourth-order valence-electron chi connectivity index (χ4n) is 1.97. The van der Waals surface area contributed by atoms with Crippen LogP contribution in [0.15, 0.2) is 39.9 Å². The van der Waals surface area contributed by atoms with Crippen LogP contribution >= 0.6 is 7.60 Å². The smallest absolute Gasteiger partial charge is 0.329 e. The second-order valence-corrected chi connectivity index (χ2v) is 6.27. The first kappa shape index (κ1) is 16.2. The molecule has 22 heavy (non-hydrogen) atoms. The molecule has 2 aromatic rings. The van der Waals surface area contributed by atoms with Crippen LogP contribution in [0.3, 0.4) is 0 Å². The zero-order valence-corrected chi connectivity index (χ0v) is 12.6. The lowest BCUT2D eigenvalue weighted by atomic mass is 10.2. The topological polar surface area (TPSA) is 122 Å². The van der Waals surface area contributed by atoms with E-state index in [0.29, 0.717) is 16.7 Å². The molecular formula is C13H15N2O6P. The van der Waals surface area contributed by atoms with E-state index in [-0.39, 0.29) is 6.54 Å². The Morgan fingerprint density at radius 3 is 2.68 bits per heavy atom. The molecule has 0 unspecified atom stereocenters. The first-order valence-electron chi connectivity index (χ1n) is 6.32. The average molecular weight is 326 g/mol. The van der Waals surface area contributed by atoms with Crippen molar-refractivity contribution in [1.29, 1.82) is 0 Å². The highest BCUT2D eigenvalue weighted by molar-refractivity contribution is 7.51. The van der Waals surface area contributed by atoms with Crippen molar-refractivity contribution in [2.24, 2.45) is 0 Å². The molecule has 0 fully saturated rings. The highest BCUT2D eigenvalue weighted by Crippen LogP contribution is 2.33. The van der Waals surface area contributed by atoms with Crippen molar-refractivity contribution in [2.75, 3.05) is 13.3 Å². The van der Waals surface area contributed by atoms with Gasteiger partial charge in [0.05, 0.1) is 24.2 Å². The maximum Gasteiger partial charge on any atom is 0.329 e. The molecule has 0 bridgehead atoms. The summed E-state index contributed by atoms with van der Waals surface area (Å²) < 4.78 is 17.1. The first-order valence-corrected chi connectivity index (χ1v) is 8.12. The molecule has 0 aliphatic rings. The van der Waals surface area contributed by atoms with E-state index in [1.165, 1.54) is 23.8 Å². The van der Waals surface area contributed by atoms with Crippen LogP contribution in [0.5, 0.6) is 5.75 Å². The maximum absolute atomic E-state index is 11.9. The van der Waals surface area contributed by atoms with E-state index < -0.39 is 25.0 Å². The molecule has 0 aliphatic heterocycles. The van der Waals surface area contributed by atoms with E-state index in [9.17, 15) is 14.2 Å². The standard InChI is InChI=1S/C13H15N2O6P/c1-21-9-4-5-10-11(8-9)15(13(17)14-12(10)16)6-2-3-7-22(18,19)20/h2-5,8H,6-7H2,1H3,(H,14,16,17)(H2,18,19,20). The molecule has 1 heterocycles. The maximum atomic E-state index is 11.9. The Morgan fingerprint density at radius 2 is 2.05 bits per heavy atom. The van der Waals surface area contributed by atoms with Gasteiger partial charge in [-0.2, -0.15) is 0 Å². The summed E-state index contributed by atoms with van der Waals surface area (Å²) in [5.41, 5.74) is -0.724. The van der Waals surface area contributed by atoms with Crippen LogP contribution in [-0.4, -0.2) is 32.6 Å². The van der Waals surface area contributed by atoms with Crippen LogP contribution in [0.4, 0.5) is 0 Å². The molecule has 3 N–H and O–H groups in total. The lowest BCUT2D eigenvalue weighted by molar-refractivity contribution is 0.377. The lowest BCUT2D eigenvalue weighted by Gasteiger charge is -2.08. The number of nitrogens with one attached hydrogen (secondary N) is 1. The van der Waals surface area contributed by atoms with Crippen LogP contribution in [0.1, 0.15) is 0 Å². The molecule has 118 valence electrons. The van der Waals surface area contributed by atoms with Gasteiger partial charge in [0.15, 0.2) is 0 Å². The highest BCUT2D eigenvalue weighted by Gasteiger charge is 2.10. The van der Waals surface area contributed by atoms with Crippen LogP contribution in [0.25, 0.3) is 10.9 Å². The average Bonchev–Trinajstić information content (AvgIpc) is 2.44. The van der Waals surface area contributed by atoms with Gasteiger partial charge in [-0.3, -0.25) is 18.9 Å². The summed E-state index contributed by atoms with van der Waals surface area (Å²) in [7, 11) is -2.65. The molecule has 0 saturated carbocycles. The third-order valence-corrected chi connectivity index (χ3v) is 3.69. The molecule has 0 amide bonds. The quantitative estimate of drug-likeness (QED) is 0.541. The van der Waals surface area contributed by atoms with Crippen LogP contribution in [0, 0.1) is 0 Å². The molecule has 0 radical (unpaired) electrons. The SMILES string of the molecule is COc1ccc2c(=O)[nH]c(=O)n(CC=CCP(=O)(O)O)c2c1. The van der Waals surface area contributed by atoms with Gasteiger partial charge in [-0.1, -0.05) is 12.2 Å². The zero-order chi connectivity index (χ0) is 16.3. The van der Waals surface area contributed by atoms with Crippen molar-refractivity contribution in [3.8, 4) is 5.75 Å². The third kappa shape index (κ3) is 3.73. The minimum atomic E-state index is -4.12. The van der Waals surface area contributed by atoms with Gasteiger partial charge in [0.25, 0.3) is 5.56 Å². The van der Waals surface area contributed by atoms with Crippen LogP contribution in [0.2, 0.25) is 0 Å². The van der Waals surface area contributed by atoms with E-state index >= 15 is 0 Å². The van der Waals surface area contributed by atoms with Crippen molar-refractivity contribution in [3.63, 3.8) is 0 Å². The fraction of sp³-hybridized carbons (Fsp3) is 0.231. The van der Waals surface area contributed by atoms with E-state index in [2.05, 4.69) is 4.98 Å². The van der Waals surface area contributed by atoms with Gasteiger partial charge in [-0.15, -0.1) is 0 Å². The number of hydrogen-bond donors (Lipinski definition) is 3. The minimum Gasteiger partial charge on any atom is -0.497 e. The summed E-state index contributed by atoms with van der Waals surface area (Å²) in [6, 6.07) is 4.71. The number of aromatic amines is 1. The number of rotatable bonds is 5. The number of H-pyrrole nitrogens is 1. The Morgan fingerprint density at radius 1 is 1.32 bits per heavy atom. The Kier molecular flexibility index (Phi) is 4.65. The van der Waals surface area contributed by atoms with Crippen molar-refractivity contribution in [1.82, 2.24) is 9.55 Å². The fourth-order valence-corrected chi connectivity index (χ4v) is 2.39. The predicted octanol–water partition coefficient (Wildman–Crippen LogP) is 0.432. The number of ether oxygens (including phenoxy) is 1. The van der Waals surface area contributed by atoms with Crippen LogP contribution < -0.4 is 16.0 Å². The molecule has 2 rings (SSSR count). The van der Waals surface area contributed by atoms with Gasteiger partial charge in [0.1, 0.15) is 5.75 Å². The summed E-state index contributed by atoms with van der Waals surface area (Å²) in [5.74, 6) is 0.491. The van der Waals surface area contributed by atoms with Crippen molar-refractivity contribution in [2.45, 2.75) is 6.54 Å². The molecule has 0 spiro atoms. The summed E-state index contributed by atoms with van der Waals surface area (Å²) in [4.78, 5) is 43.5. The lowest BCUT2D eigenvalue weighted by Crippen LogP contribution is -2.30. The van der Waals surface area contributed by atoms with Gasteiger partial charge in [-0.05, 0) is 12.1 Å². The van der Waals surface area contributed by atoms with Crippen LogP contribution in [-0.2, 0) is 11.1 Å². The second-order valence-electron chi connectivity index (χ2n) is 4.57. The number of hydrogen-bond acceptors (Lipinski definition) is 4. The Balaban J connectivity index is 2.46.